The molecule has 0 atom stereocenters. The molecule has 0 fully saturated rings. The SMILES string of the molecule is Nc1ccc(CSc2nnnn2-c2ccc(O)cc2)cn1. The zero-order valence-corrected chi connectivity index (χ0v) is 11.7. The molecule has 7 nitrogen and oxygen atoms in total. The van der Waals surface area contributed by atoms with Crippen LogP contribution in [0, 0.1) is 0 Å². The van der Waals surface area contributed by atoms with Crippen LogP contribution < -0.4 is 5.73 Å². The zero-order chi connectivity index (χ0) is 14.7. The highest BCUT2D eigenvalue weighted by Gasteiger charge is 2.09. The van der Waals surface area contributed by atoms with Crippen molar-refractivity contribution in [3.8, 4) is 11.4 Å². The number of thioether (sulfide) groups is 1. The van der Waals surface area contributed by atoms with Gasteiger partial charge < -0.3 is 10.8 Å². The first-order chi connectivity index (χ1) is 10.2. The predicted molar refractivity (Wildman–Crippen MR) is 79.0 cm³/mol. The maximum atomic E-state index is 9.31. The van der Waals surface area contributed by atoms with E-state index in [1.54, 1.807) is 41.2 Å². The molecule has 2 aromatic heterocycles. The minimum atomic E-state index is 0.203. The lowest BCUT2D eigenvalue weighted by Gasteiger charge is -2.04. The molecule has 8 heteroatoms. The van der Waals surface area contributed by atoms with Crippen LogP contribution in [0.3, 0.4) is 0 Å². The van der Waals surface area contributed by atoms with Crippen LogP contribution in [0.15, 0.2) is 47.8 Å². The van der Waals surface area contributed by atoms with Crippen LogP contribution in [0.25, 0.3) is 5.69 Å². The number of pyridine rings is 1. The topological polar surface area (TPSA) is 103 Å². The first kappa shape index (κ1) is 13.4. The smallest absolute Gasteiger partial charge is 0.214 e. The van der Waals surface area contributed by atoms with Gasteiger partial charge in [-0.15, -0.1) is 5.10 Å². The van der Waals surface area contributed by atoms with E-state index in [1.807, 2.05) is 6.07 Å². The number of phenolic OH excluding ortho intramolecular Hbond substituents is 1. The molecular weight excluding hydrogens is 288 g/mol. The Bertz CT molecular complexity index is 725. The number of benzene rings is 1. The van der Waals surface area contributed by atoms with Crippen LogP contribution in [0.2, 0.25) is 0 Å². The van der Waals surface area contributed by atoms with Crippen LogP contribution in [-0.4, -0.2) is 30.3 Å². The molecule has 0 spiro atoms. The van der Waals surface area contributed by atoms with Gasteiger partial charge >= 0.3 is 0 Å². The lowest BCUT2D eigenvalue weighted by molar-refractivity contribution is 0.475. The first-order valence-electron chi connectivity index (χ1n) is 6.13. The van der Waals surface area contributed by atoms with Crippen LogP contribution in [0.1, 0.15) is 5.56 Å². The molecule has 2 heterocycles. The number of tetrazole rings is 1. The second-order valence-electron chi connectivity index (χ2n) is 4.27. The van der Waals surface area contributed by atoms with Crippen molar-refractivity contribution in [2.45, 2.75) is 10.9 Å². The third kappa shape index (κ3) is 3.11. The van der Waals surface area contributed by atoms with Crippen molar-refractivity contribution in [2.75, 3.05) is 5.73 Å². The fourth-order valence-electron chi connectivity index (χ4n) is 1.69. The Morgan fingerprint density at radius 2 is 1.95 bits per heavy atom. The van der Waals surface area contributed by atoms with Gasteiger partial charge in [-0.1, -0.05) is 17.8 Å². The van der Waals surface area contributed by atoms with E-state index in [2.05, 4.69) is 20.5 Å². The predicted octanol–water partition coefficient (Wildman–Crippen LogP) is 1.64. The van der Waals surface area contributed by atoms with Crippen molar-refractivity contribution in [3.05, 3.63) is 48.2 Å². The normalized spacial score (nSPS) is 10.7. The van der Waals surface area contributed by atoms with Gasteiger partial charge in [-0.05, 0) is 46.3 Å². The first-order valence-corrected chi connectivity index (χ1v) is 7.12. The second kappa shape index (κ2) is 5.80. The highest BCUT2D eigenvalue weighted by atomic mass is 32.2. The van der Waals surface area contributed by atoms with E-state index in [0.717, 1.165) is 11.3 Å². The summed E-state index contributed by atoms with van der Waals surface area (Å²) < 4.78 is 1.62. The van der Waals surface area contributed by atoms with E-state index in [-0.39, 0.29) is 5.75 Å². The lowest BCUT2D eigenvalue weighted by Crippen LogP contribution is -1.99. The van der Waals surface area contributed by atoms with Gasteiger partial charge in [0.05, 0.1) is 5.69 Å². The summed E-state index contributed by atoms with van der Waals surface area (Å²) in [5.41, 5.74) is 7.38. The highest BCUT2D eigenvalue weighted by Crippen LogP contribution is 2.23. The maximum Gasteiger partial charge on any atom is 0.214 e. The minimum absolute atomic E-state index is 0.203. The van der Waals surface area contributed by atoms with Crippen molar-refractivity contribution < 1.29 is 5.11 Å². The molecule has 0 amide bonds. The fourth-order valence-corrected chi connectivity index (χ4v) is 2.52. The number of anilines is 1. The van der Waals surface area contributed by atoms with Gasteiger partial charge in [0.2, 0.25) is 5.16 Å². The quantitative estimate of drug-likeness (QED) is 0.706. The number of aromatic hydroxyl groups is 1. The molecular formula is C13H12N6OS. The van der Waals surface area contributed by atoms with Gasteiger partial charge in [0.15, 0.2) is 0 Å². The second-order valence-corrected chi connectivity index (χ2v) is 5.21. The van der Waals surface area contributed by atoms with Gasteiger partial charge in [0.25, 0.3) is 0 Å². The fraction of sp³-hybridized carbons (Fsp3) is 0.0769. The highest BCUT2D eigenvalue weighted by molar-refractivity contribution is 7.98. The number of aromatic nitrogens is 5. The largest absolute Gasteiger partial charge is 0.508 e. The van der Waals surface area contributed by atoms with E-state index >= 15 is 0 Å². The number of hydrogen-bond donors (Lipinski definition) is 2. The van der Waals surface area contributed by atoms with Crippen LogP contribution in [0.5, 0.6) is 5.75 Å². The molecule has 21 heavy (non-hydrogen) atoms. The lowest BCUT2D eigenvalue weighted by atomic mass is 10.3. The Morgan fingerprint density at radius 1 is 1.14 bits per heavy atom. The van der Waals surface area contributed by atoms with Crippen LogP contribution >= 0.6 is 11.8 Å². The third-order valence-electron chi connectivity index (χ3n) is 2.75. The summed E-state index contributed by atoms with van der Waals surface area (Å²) >= 11 is 1.50. The molecule has 3 rings (SSSR count). The molecule has 0 aliphatic rings. The van der Waals surface area contributed by atoms with E-state index in [9.17, 15) is 5.11 Å². The summed E-state index contributed by atoms with van der Waals surface area (Å²) in [4.78, 5) is 4.05. The molecule has 0 aliphatic carbocycles. The maximum absolute atomic E-state index is 9.31. The van der Waals surface area contributed by atoms with E-state index in [0.29, 0.717) is 16.7 Å². The molecule has 0 radical (unpaired) electrons. The Labute approximate surface area is 124 Å². The van der Waals surface area contributed by atoms with E-state index in [4.69, 9.17) is 5.73 Å². The van der Waals surface area contributed by atoms with Crippen molar-refractivity contribution >= 4 is 17.6 Å². The molecule has 0 saturated heterocycles. The van der Waals surface area contributed by atoms with Crippen LogP contribution in [0.4, 0.5) is 5.82 Å². The zero-order valence-electron chi connectivity index (χ0n) is 10.9. The third-order valence-corrected chi connectivity index (χ3v) is 3.74. The Hall–Kier alpha value is -2.61. The summed E-state index contributed by atoms with van der Waals surface area (Å²) in [6.07, 6.45) is 1.73. The number of phenols is 1. The number of hydrogen-bond acceptors (Lipinski definition) is 7. The average molecular weight is 300 g/mol. The summed E-state index contributed by atoms with van der Waals surface area (Å²) in [7, 11) is 0. The molecule has 0 unspecified atom stereocenters. The average Bonchev–Trinajstić information content (AvgIpc) is 2.96. The van der Waals surface area contributed by atoms with Crippen LogP contribution in [-0.2, 0) is 5.75 Å². The minimum Gasteiger partial charge on any atom is -0.508 e. The Kier molecular flexibility index (Phi) is 3.69. The molecule has 0 bridgehead atoms. The van der Waals surface area contributed by atoms with E-state index in [1.165, 1.54) is 11.8 Å². The number of nitrogen functional groups attached to an aromatic ring is 1. The molecule has 106 valence electrons. The van der Waals surface area contributed by atoms with Crippen molar-refractivity contribution in [1.82, 2.24) is 25.2 Å². The summed E-state index contributed by atoms with van der Waals surface area (Å²) in [6.45, 7) is 0. The summed E-state index contributed by atoms with van der Waals surface area (Å²) in [6, 6.07) is 10.4. The number of rotatable bonds is 4. The molecule has 3 aromatic rings. The van der Waals surface area contributed by atoms with Crippen molar-refractivity contribution in [1.29, 1.82) is 0 Å². The van der Waals surface area contributed by atoms with Gasteiger partial charge in [-0.2, -0.15) is 4.68 Å². The van der Waals surface area contributed by atoms with E-state index < -0.39 is 0 Å². The monoisotopic (exact) mass is 300 g/mol. The van der Waals surface area contributed by atoms with Crippen molar-refractivity contribution in [3.63, 3.8) is 0 Å². The molecule has 3 N–H and O–H groups in total. The van der Waals surface area contributed by atoms with Gasteiger partial charge in [-0.25, -0.2) is 4.98 Å². The van der Waals surface area contributed by atoms with Crippen molar-refractivity contribution in [2.24, 2.45) is 0 Å². The standard InChI is InChI=1S/C13H12N6OS/c14-12-6-1-9(7-15-12)8-21-13-16-17-18-19(13)10-2-4-11(20)5-3-10/h1-7,20H,8H2,(H2,14,15). The number of nitrogens with zero attached hydrogens (tertiary/aromatic N) is 5. The van der Waals surface area contributed by atoms with Gasteiger partial charge in [0, 0.05) is 11.9 Å². The Morgan fingerprint density at radius 3 is 2.67 bits per heavy atom. The van der Waals surface area contributed by atoms with Gasteiger partial charge in [-0.3, -0.25) is 0 Å². The van der Waals surface area contributed by atoms with Gasteiger partial charge in [0.1, 0.15) is 11.6 Å². The summed E-state index contributed by atoms with van der Waals surface area (Å²) in [5.74, 6) is 1.39. The Balaban J connectivity index is 1.76. The molecule has 1 aromatic carbocycles. The molecule has 0 saturated carbocycles. The molecule has 0 aliphatic heterocycles. The summed E-state index contributed by atoms with van der Waals surface area (Å²) in [5, 5.41) is 21.6. The number of nitrogens with two attached hydrogens (primary N) is 1.